The van der Waals surface area contributed by atoms with Gasteiger partial charge in [0.25, 0.3) is 5.91 Å². The Morgan fingerprint density at radius 1 is 1.19 bits per heavy atom. The summed E-state index contributed by atoms with van der Waals surface area (Å²) in [5, 5.41) is 2.73. The molecule has 2 aromatic rings. The van der Waals surface area contributed by atoms with Crippen molar-refractivity contribution in [1.82, 2.24) is 4.72 Å². The van der Waals surface area contributed by atoms with Gasteiger partial charge in [-0.25, -0.2) is 13.1 Å². The molecule has 0 heterocycles. The molecule has 1 amide bonds. The van der Waals surface area contributed by atoms with E-state index in [1.807, 2.05) is 0 Å². The number of rotatable bonds is 6. The number of nitrogens with two attached hydrogens (primary N) is 1. The second-order valence-corrected chi connectivity index (χ2v) is 8.00. The van der Waals surface area contributed by atoms with Crippen LogP contribution in [-0.4, -0.2) is 27.5 Å². The summed E-state index contributed by atoms with van der Waals surface area (Å²) in [6.45, 7) is 1.75. The van der Waals surface area contributed by atoms with Gasteiger partial charge in [-0.1, -0.05) is 6.07 Å². The lowest BCUT2D eigenvalue weighted by Gasteiger charge is -2.12. The first-order valence-electron chi connectivity index (χ1n) is 8.18. The Bertz CT molecular complexity index is 953. The summed E-state index contributed by atoms with van der Waals surface area (Å²) in [5.74, 6) is 0.106. The van der Waals surface area contributed by atoms with E-state index in [0.29, 0.717) is 22.7 Å². The maximum Gasteiger partial charge on any atom is 0.255 e. The van der Waals surface area contributed by atoms with Crippen molar-refractivity contribution in [2.45, 2.75) is 30.7 Å². The Labute approximate surface area is 152 Å². The molecule has 1 saturated carbocycles. The van der Waals surface area contributed by atoms with Crippen molar-refractivity contribution in [3.63, 3.8) is 0 Å². The number of carbonyl (C=O) groups is 1. The van der Waals surface area contributed by atoms with E-state index in [0.717, 1.165) is 12.8 Å². The van der Waals surface area contributed by atoms with E-state index >= 15 is 0 Å². The molecule has 0 bridgehead atoms. The molecule has 0 saturated heterocycles. The summed E-state index contributed by atoms with van der Waals surface area (Å²) in [6, 6.07) is 9.42. The molecule has 0 radical (unpaired) electrons. The van der Waals surface area contributed by atoms with Gasteiger partial charge in [0.15, 0.2) is 0 Å². The molecule has 7 nitrogen and oxygen atoms in total. The molecule has 8 heteroatoms. The van der Waals surface area contributed by atoms with Crippen molar-refractivity contribution < 1.29 is 17.9 Å². The minimum Gasteiger partial charge on any atom is -0.495 e. The lowest BCUT2D eigenvalue weighted by Crippen LogP contribution is -2.26. The molecule has 138 valence electrons. The van der Waals surface area contributed by atoms with Gasteiger partial charge in [-0.2, -0.15) is 0 Å². The number of ether oxygens (including phenoxy) is 1. The van der Waals surface area contributed by atoms with Gasteiger partial charge in [0, 0.05) is 17.3 Å². The number of anilines is 2. The topological polar surface area (TPSA) is 111 Å². The number of carbonyl (C=O) groups excluding carboxylic acids is 1. The summed E-state index contributed by atoms with van der Waals surface area (Å²) >= 11 is 0. The molecule has 1 aliphatic carbocycles. The molecule has 0 aromatic heterocycles. The summed E-state index contributed by atoms with van der Waals surface area (Å²) in [4.78, 5) is 12.7. The average molecular weight is 375 g/mol. The van der Waals surface area contributed by atoms with Crippen LogP contribution in [0.4, 0.5) is 11.4 Å². The van der Waals surface area contributed by atoms with Gasteiger partial charge in [-0.3, -0.25) is 4.79 Å². The van der Waals surface area contributed by atoms with E-state index in [9.17, 15) is 13.2 Å². The number of nitrogen functional groups attached to an aromatic ring is 1. The first kappa shape index (κ1) is 18.2. The highest BCUT2D eigenvalue weighted by Gasteiger charge is 2.28. The minimum atomic E-state index is -3.62. The van der Waals surface area contributed by atoms with E-state index in [-0.39, 0.29) is 16.5 Å². The van der Waals surface area contributed by atoms with Gasteiger partial charge in [0.2, 0.25) is 10.0 Å². The first-order valence-corrected chi connectivity index (χ1v) is 9.66. The molecule has 1 aliphatic rings. The number of sulfonamides is 1. The SMILES string of the molecule is COc1ccc(NC(=O)c2cc(S(=O)(=O)NC3CC3)ccc2C)cc1N. The average Bonchev–Trinajstić information content (AvgIpc) is 3.38. The lowest BCUT2D eigenvalue weighted by molar-refractivity contribution is 0.102. The van der Waals surface area contributed by atoms with Gasteiger partial charge in [-0.15, -0.1) is 0 Å². The Kier molecular flexibility index (Phi) is 4.88. The van der Waals surface area contributed by atoms with Crippen molar-refractivity contribution in [3.8, 4) is 5.75 Å². The minimum absolute atomic E-state index is 0.000791. The number of aryl methyl sites for hydroxylation is 1. The molecule has 0 unspecified atom stereocenters. The van der Waals surface area contributed by atoms with Crippen LogP contribution in [-0.2, 0) is 10.0 Å². The molecule has 2 aromatic carbocycles. The van der Waals surface area contributed by atoms with Gasteiger partial charge < -0.3 is 15.8 Å². The highest BCUT2D eigenvalue weighted by molar-refractivity contribution is 7.89. The van der Waals surface area contributed by atoms with Crippen LogP contribution in [0.1, 0.15) is 28.8 Å². The first-order chi connectivity index (χ1) is 12.3. The zero-order valence-corrected chi connectivity index (χ0v) is 15.4. The van der Waals surface area contributed by atoms with Crippen molar-refractivity contribution in [3.05, 3.63) is 47.5 Å². The second-order valence-electron chi connectivity index (χ2n) is 6.28. The Hall–Kier alpha value is -2.58. The Morgan fingerprint density at radius 3 is 2.54 bits per heavy atom. The summed E-state index contributed by atoms with van der Waals surface area (Å²) < 4.78 is 32.4. The smallest absolute Gasteiger partial charge is 0.255 e. The van der Waals surface area contributed by atoms with Crippen LogP contribution in [0.25, 0.3) is 0 Å². The Morgan fingerprint density at radius 2 is 1.92 bits per heavy atom. The predicted molar refractivity (Wildman–Crippen MR) is 99.9 cm³/mol. The maximum atomic E-state index is 12.6. The van der Waals surface area contributed by atoms with Gasteiger partial charge in [0.1, 0.15) is 5.75 Å². The number of hydrogen-bond acceptors (Lipinski definition) is 5. The second kappa shape index (κ2) is 6.97. The van der Waals surface area contributed by atoms with E-state index in [2.05, 4.69) is 10.0 Å². The Balaban J connectivity index is 1.84. The molecular formula is C18H21N3O4S. The number of nitrogens with one attached hydrogen (secondary N) is 2. The van der Waals surface area contributed by atoms with Crippen molar-refractivity contribution >= 4 is 27.3 Å². The zero-order chi connectivity index (χ0) is 18.9. The molecular weight excluding hydrogens is 354 g/mol. The molecule has 0 atom stereocenters. The summed E-state index contributed by atoms with van der Waals surface area (Å²) in [7, 11) is -2.12. The largest absolute Gasteiger partial charge is 0.495 e. The summed E-state index contributed by atoms with van der Waals surface area (Å²) in [6.07, 6.45) is 1.69. The van der Waals surface area contributed by atoms with Gasteiger partial charge in [-0.05, 0) is 55.7 Å². The predicted octanol–water partition coefficient (Wildman–Crippen LogP) is 2.28. The van der Waals surface area contributed by atoms with Crippen LogP contribution >= 0.6 is 0 Å². The fourth-order valence-corrected chi connectivity index (χ4v) is 3.84. The van der Waals surface area contributed by atoms with Crippen molar-refractivity contribution in [1.29, 1.82) is 0 Å². The third-order valence-electron chi connectivity index (χ3n) is 4.15. The third kappa shape index (κ3) is 3.97. The van der Waals surface area contributed by atoms with Crippen LogP contribution < -0.4 is 20.5 Å². The quantitative estimate of drug-likeness (QED) is 0.671. The van der Waals surface area contributed by atoms with Crippen LogP contribution in [0, 0.1) is 6.92 Å². The monoisotopic (exact) mass is 375 g/mol. The van der Waals surface area contributed by atoms with Crippen LogP contribution in [0.5, 0.6) is 5.75 Å². The van der Waals surface area contributed by atoms with Crippen molar-refractivity contribution in [2.75, 3.05) is 18.2 Å². The van der Waals surface area contributed by atoms with Gasteiger partial charge >= 0.3 is 0 Å². The normalized spacial score (nSPS) is 14.1. The lowest BCUT2D eigenvalue weighted by atomic mass is 10.1. The number of methoxy groups -OCH3 is 1. The summed E-state index contributed by atoms with van der Waals surface area (Å²) in [5.41, 5.74) is 7.70. The number of hydrogen-bond donors (Lipinski definition) is 3. The molecule has 4 N–H and O–H groups in total. The fraction of sp³-hybridized carbons (Fsp3) is 0.278. The molecule has 3 rings (SSSR count). The molecule has 1 fully saturated rings. The third-order valence-corrected chi connectivity index (χ3v) is 5.67. The maximum absolute atomic E-state index is 12.6. The van der Waals surface area contributed by atoms with Crippen LogP contribution in [0.15, 0.2) is 41.3 Å². The number of benzene rings is 2. The highest BCUT2D eigenvalue weighted by atomic mass is 32.2. The van der Waals surface area contributed by atoms with E-state index in [1.165, 1.54) is 19.2 Å². The standard InChI is InChI=1S/C18H21N3O4S/c1-11-3-7-14(26(23,24)21-12-4-5-12)10-15(11)18(22)20-13-6-8-17(25-2)16(19)9-13/h3,6-10,12,21H,4-5,19H2,1-2H3,(H,20,22). The molecule has 0 aliphatic heterocycles. The number of amides is 1. The van der Waals surface area contributed by atoms with E-state index < -0.39 is 15.9 Å². The van der Waals surface area contributed by atoms with E-state index in [1.54, 1.807) is 31.2 Å². The fourth-order valence-electron chi connectivity index (χ4n) is 2.51. The zero-order valence-electron chi connectivity index (χ0n) is 14.6. The van der Waals surface area contributed by atoms with E-state index in [4.69, 9.17) is 10.5 Å². The van der Waals surface area contributed by atoms with Crippen LogP contribution in [0.2, 0.25) is 0 Å². The van der Waals surface area contributed by atoms with Gasteiger partial charge in [0.05, 0.1) is 17.7 Å². The molecule has 0 spiro atoms. The molecule has 26 heavy (non-hydrogen) atoms. The highest BCUT2D eigenvalue weighted by Crippen LogP contribution is 2.26. The van der Waals surface area contributed by atoms with Crippen molar-refractivity contribution in [2.24, 2.45) is 0 Å². The van der Waals surface area contributed by atoms with Crippen LogP contribution in [0.3, 0.4) is 0 Å².